The van der Waals surface area contributed by atoms with E-state index in [2.05, 4.69) is 41.5 Å². The maximum absolute atomic E-state index is 12.4. The van der Waals surface area contributed by atoms with Crippen LogP contribution >= 0.6 is 0 Å². The van der Waals surface area contributed by atoms with Crippen molar-refractivity contribution in [2.45, 2.75) is 78.4 Å². The molecule has 2 nitrogen and oxygen atoms in total. The van der Waals surface area contributed by atoms with Gasteiger partial charge in [0.2, 0.25) is 0 Å². The number of carbonyl (C=O) groups excluding carboxylic acids is 1. The van der Waals surface area contributed by atoms with Gasteiger partial charge in [0, 0.05) is 12.3 Å². The molecule has 3 atom stereocenters. The zero-order valence-corrected chi connectivity index (χ0v) is 13.5. The minimum absolute atomic E-state index is 0.0841. The van der Waals surface area contributed by atoms with Crippen molar-refractivity contribution in [1.29, 1.82) is 0 Å². The van der Waals surface area contributed by atoms with Crippen molar-refractivity contribution in [2.24, 2.45) is 23.7 Å². The smallest absolute Gasteiger partial charge is 0.136 e. The van der Waals surface area contributed by atoms with Crippen molar-refractivity contribution in [3.05, 3.63) is 0 Å². The summed E-state index contributed by atoms with van der Waals surface area (Å²) in [5.74, 6) is 2.49. The third-order valence-electron chi connectivity index (χ3n) is 5.30. The second-order valence-electron chi connectivity index (χ2n) is 8.13. The Morgan fingerprint density at radius 2 is 1.84 bits per heavy atom. The van der Waals surface area contributed by atoms with Crippen LogP contribution in [0.15, 0.2) is 0 Å². The zero-order valence-electron chi connectivity index (χ0n) is 13.5. The zero-order chi connectivity index (χ0) is 14.4. The Hall–Kier alpha value is -0.370. The summed E-state index contributed by atoms with van der Waals surface area (Å²) in [6, 6.07) is 0. The van der Waals surface area contributed by atoms with Gasteiger partial charge in [-0.25, -0.2) is 0 Å². The standard InChI is InChI=1S/C17H30O2/c1-11(2)12-7-8-15(18)13(9-12)14-10-16(3,4)19-17(14,5)6/h11-14H,7-10H2,1-6H3. The monoisotopic (exact) mass is 266 g/mol. The van der Waals surface area contributed by atoms with Crippen LogP contribution in [0.5, 0.6) is 0 Å². The van der Waals surface area contributed by atoms with Crippen molar-refractivity contribution >= 4 is 5.78 Å². The number of ketones is 1. The highest BCUT2D eigenvalue weighted by Gasteiger charge is 2.51. The second-order valence-corrected chi connectivity index (χ2v) is 8.13. The Labute approximate surface area is 118 Å². The highest BCUT2D eigenvalue weighted by Crippen LogP contribution is 2.49. The molecule has 2 heteroatoms. The van der Waals surface area contributed by atoms with Crippen LogP contribution in [-0.2, 0) is 9.53 Å². The average Bonchev–Trinajstić information content (AvgIpc) is 2.47. The fourth-order valence-electron chi connectivity index (χ4n) is 4.31. The first kappa shape index (κ1) is 15.0. The molecule has 1 saturated carbocycles. The lowest BCUT2D eigenvalue weighted by atomic mass is 9.66. The van der Waals surface area contributed by atoms with Crippen LogP contribution in [0.25, 0.3) is 0 Å². The SMILES string of the molecule is CC(C)C1CCC(=O)C(C2CC(C)(C)OC2(C)C)C1. The lowest BCUT2D eigenvalue weighted by Gasteiger charge is -2.38. The molecular formula is C17H30O2. The molecule has 1 saturated heterocycles. The van der Waals surface area contributed by atoms with Gasteiger partial charge in [0.15, 0.2) is 0 Å². The molecule has 0 bridgehead atoms. The number of Topliss-reactive ketones (excluding diaryl/α,β-unsaturated/α-hetero) is 1. The van der Waals surface area contributed by atoms with Gasteiger partial charge in [-0.1, -0.05) is 13.8 Å². The summed E-state index contributed by atoms with van der Waals surface area (Å²) in [7, 11) is 0. The molecule has 3 unspecified atom stereocenters. The summed E-state index contributed by atoms with van der Waals surface area (Å²) in [4.78, 5) is 12.4. The van der Waals surface area contributed by atoms with Crippen molar-refractivity contribution < 1.29 is 9.53 Å². The molecule has 0 spiro atoms. The van der Waals surface area contributed by atoms with Gasteiger partial charge in [0.25, 0.3) is 0 Å². The molecule has 1 aliphatic carbocycles. The van der Waals surface area contributed by atoms with Crippen LogP contribution in [0, 0.1) is 23.7 Å². The van der Waals surface area contributed by atoms with Crippen LogP contribution in [0.2, 0.25) is 0 Å². The van der Waals surface area contributed by atoms with E-state index in [0.29, 0.717) is 23.5 Å². The highest BCUT2D eigenvalue weighted by atomic mass is 16.5. The maximum atomic E-state index is 12.4. The van der Waals surface area contributed by atoms with Gasteiger partial charge in [-0.05, 0) is 64.7 Å². The van der Waals surface area contributed by atoms with Crippen LogP contribution in [0.3, 0.4) is 0 Å². The highest BCUT2D eigenvalue weighted by molar-refractivity contribution is 5.82. The molecular weight excluding hydrogens is 236 g/mol. The van der Waals surface area contributed by atoms with Gasteiger partial charge in [0.05, 0.1) is 11.2 Å². The maximum Gasteiger partial charge on any atom is 0.136 e. The van der Waals surface area contributed by atoms with Crippen LogP contribution in [-0.4, -0.2) is 17.0 Å². The van der Waals surface area contributed by atoms with E-state index in [-0.39, 0.29) is 17.1 Å². The molecule has 0 aromatic carbocycles. The Bertz CT molecular complexity index is 354. The number of hydrogen-bond acceptors (Lipinski definition) is 2. The van der Waals surface area contributed by atoms with E-state index in [9.17, 15) is 4.79 Å². The van der Waals surface area contributed by atoms with E-state index in [1.807, 2.05) is 0 Å². The molecule has 0 aromatic heterocycles. The second kappa shape index (κ2) is 4.87. The van der Waals surface area contributed by atoms with Gasteiger partial charge in [-0.2, -0.15) is 0 Å². The van der Waals surface area contributed by atoms with Gasteiger partial charge < -0.3 is 4.74 Å². The topological polar surface area (TPSA) is 26.3 Å². The summed E-state index contributed by atoms with van der Waals surface area (Å²) in [5, 5.41) is 0. The summed E-state index contributed by atoms with van der Waals surface area (Å²) >= 11 is 0. The average molecular weight is 266 g/mol. The van der Waals surface area contributed by atoms with E-state index in [4.69, 9.17) is 4.74 Å². The third kappa shape index (κ3) is 3.04. The van der Waals surface area contributed by atoms with Crippen LogP contribution in [0.1, 0.15) is 67.2 Å². The summed E-state index contributed by atoms with van der Waals surface area (Å²) in [5.41, 5.74) is -0.248. The van der Waals surface area contributed by atoms with Gasteiger partial charge in [-0.3, -0.25) is 4.79 Å². The Kier molecular flexibility index (Phi) is 3.85. The van der Waals surface area contributed by atoms with E-state index in [1.54, 1.807) is 0 Å². The predicted molar refractivity (Wildman–Crippen MR) is 78.0 cm³/mol. The van der Waals surface area contributed by atoms with E-state index in [1.165, 1.54) is 0 Å². The first-order valence-electron chi connectivity index (χ1n) is 7.85. The van der Waals surface area contributed by atoms with Gasteiger partial charge >= 0.3 is 0 Å². The van der Waals surface area contributed by atoms with E-state index in [0.717, 1.165) is 25.7 Å². The number of hydrogen-bond donors (Lipinski definition) is 0. The van der Waals surface area contributed by atoms with Crippen molar-refractivity contribution in [2.75, 3.05) is 0 Å². The Morgan fingerprint density at radius 1 is 1.21 bits per heavy atom. The fraction of sp³-hybridized carbons (Fsp3) is 0.941. The van der Waals surface area contributed by atoms with E-state index >= 15 is 0 Å². The lowest BCUT2D eigenvalue weighted by Crippen LogP contribution is -2.40. The Morgan fingerprint density at radius 3 is 2.32 bits per heavy atom. The van der Waals surface area contributed by atoms with Crippen LogP contribution in [0.4, 0.5) is 0 Å². The van der Waals surface area contributed by atoms with Gasteiger partial charge in [0.1, 0.15) is 5.78 Å². The molecule has 110 valence electrons. The summed E-state index contributed by atoms with van der Waals surface area (Å²) < 4.78 is 6.19. The third-order valence-corrected chi connectivity index (χ3v) is 5.30. The summed E-state index contributed by atoms with van der Waals surface area (Å²) in [6.07, 6.45) is 3.95. The molecule has 2 rings (SSSR count). The molecule has 0 radical (unpaired) electrons. The molecule has 0 aromatic rings. The molecule has 2 fully saturated rings. The number of rotatable bonds is 2. The minimum Gasteiger partial charge on any atom is -0.369 e. The van der Waals surface area contributed by atoms with Crippen molar-refractivity contribution in [3.63, 3.8) is 0 Å². The predicted octanol–water partition coefficient (Wildman–Crippen LogP) is 4.22. The largest absolute Gasteiger partial charge is 0.369 e. The summed E-state index contributed by atoms with van der Waals surface area (Å²) in [6.45, 7) is 13.2. The molecule has 1 aliphatic heterocycles. The number of carbonyl (C=O) groups is 1. The van der Waals surface area contributed by atoms with E-state index < -0.39 is 0 Å². The van der Waals surface area contributed by atoms with Gasteiger partial charge in [-0.15, -0.1) is 0 Å². The first-order valence-corrected chi connectivity index (χ1v) is 7.85. The van der Waals surface area contributed by atoms with Crippen molar-refractivity contribution in [3.8, 4) is 0 Å². The molecule has 0 amide bonds. The lowest BCUT2D eigenvalue weighted by molar-refractivity contribution is -0.132. The first-order chi connectivity index (χ1) is 8.62. The molecule has 19 heavy (non-hydrogen) atoms. The van der Waals surface area contributed by atoms with Crippen molar-refractivity contribution in [1.82, 2.24) is 0 Å². The number of ether oxygens (including phenoxy) is 1. The molecule has 1 heterocycles. The molecule has 0 N–H and O–H groups in total. The van der Waals surface area contributed by atoms with Crippen LogP contribution < -0.4 is 0 Å². The Balaban J connectivity index is 2.17. The minimum atomic E-state index is -0.164. The normalized spacial score (nSPS) is 37.8. The quantitative estimate of drug-likeness (QED) is 0.748. The molecule has 2 aliphatic rings. The fourth-order valence-corrected chi connectivity index (χ4v) is 4.31.